The summed E-state index contributed by atoms with van der Waals surface area (Å²) >= 11 is 0. The average molecular weight is 641 g/mol. The zero-order valence-electron chi connectivity index (χ0n) is 26.8. The predicted octanol–water partition coefficient (Wildman–Crippen LogP) is 10.6. The van der Waals surface area contributed by atoms with E-state index in [9.17, 15) is 0 Å². The van der Waals surface area contributed by atoms with Crippen molar-refractivity contribution in [2.75, 3.05) is 0 Å². The highest BCUT2D eigenvalue weighted by Crippen LogP contribution is 2.40. The number of para-hydroxylation sites is 4. The van der Waals surface area contributed by atoms with Gasteiger partial charge in [0.2, 0.25) is 0 Å². The number of benzene rings is 6. The summed E-state index contributed by atoms with van der Waals surface area (Å²) in [5.41, 5.74) is 8.88. The molecule has 0 radical (unpaired) electrons. The lowest BCUT2D eigenvalue weighted by Crippen LogP contribution is -2.05. The smallest absolute Gasteiger partial charge is 0.158 e. The molecule has 0 fully saturated rings. The Morgan fingerprint density at radius 3 is 1.28 bits per heavy atom. The fourth-order valence-corrected chi connectivity index (χ4v) is 7.99. The lowest BCUT2D eigenvalue weighted by atomic mass is 10.1. The highest BCUT2D eigenvalue weighted by molar-refractivity contribution is 6.19. The molecule has 0 amide bonds. The summed E-state index contributed by atoms with van der Waals surface area (Å²) < 4.78 is 9.15. The Balaban J connectivity index is 1.24. The maximum atomic E-state index is 5.49. The summed E-state index contributed by atoms with van der Waals surface area (Å²) in [4.78, 5) is 10.4. The summed E-state index contributed by atoms with van der Waals surface area (Å²) in [7, 11) is 0. The molecule has 0 atom stereocenters. The first-order chi connectivity index (χ1) is 24.8. The Labute approximate surface area is 286 Å². The van der Waals surface area contributed by atoms with Gasteiger partial charge in [-0.15, -0.1) is 0 Å². The predicted molar refractivity (Wildman–Crippen MR) is 204 cm³/mol. The van der Waals surface area contributed by atoms with Crippen LogP contribution in [0.5, 0.6) is 0 Å². The van der Waals surface area contributed by atoms with Crippen LogP contribution in [-0.2, 0) is 0 Å². The van der Waals surface area contributed by atoms with E-state index in [4.69, 9.17) is 9.97 Å². The molecule has 6 heteroatoms. The van der Waals surface area contributed by atoms with E-state index in [1.165, 1.54) is 32.3 Å². The molecule has 6 aromatic carbocycles. The van der Waals surface area contributed by atoms with Gasteiger partial charge in [0.25, 0.3) is 0 Å². The maximum Gasteiger partial charge on any atom is 0.158 e. The van der Waals surface area contributed by atoms with E-state index in [0.717, 1.165) is 56.1 Å². The molecule has 6 nitrogen and oxygen atoms in total. The molecule has 5 heterocycles. The lowest BCUT2D eigenvalue weighted by molar-refractivity contribution is 0.978. The van der Waals surface area contributed by atoms with Crippen molar-refractivity contribution >= 4 is 65.4 Å². The Hall–Kier alpha value is -6.92. The van der Waals surface area contributed by atoms with Gasteiger partial charge in [-0.05, 0) is 48.5 Å². The largest absolute Gasteiger partial charge is 0.315 e. The lowest BCUT2D eigenvalue weighted by Gasteiger charge is -2.14. The third-order valence-corrected chi connectivity index (χ3v) is 10.1. The van der Waals surface area contributed by atoms with Gasteiger partial charge in [0.05, 0.1) is 45.5 Å². The molecule has 0 saturated heterocycles. The molecular formula is C44H28N6. The summed E-state index contributed by atoms with van der Waals surface area (Å²) in [6.45, 7) is 0. The maximum absolute atomic E-state index is 5.49. The molecule has 0 bridgehead atoms. The molecule has 0 spiro atoms. The Kier molecular flexibility index (Phi) is 5.57. The minimum atomic E-state index is 0.763. The molecular weight excluding hydrogens is 613 g/mol. The Morgan fingerprint density at radius 1 is 0.360 bits per heavy atom. The summed E-state index contributed by atoms with van der Waals surface area (Å²) in [6, 6.07) is 51.6. The minimum absolute atomic E-state index is 0.763. The molecule has 0 N–H and O–H groups in total. The van der Waals surface area contributed by atoms with Crippen LogP contribution in [0.25, 0.3) is 88.4 Å². The van der Waals surface area contributed by atoms with Gasteiger partial charge in [-0.25, -0.2) is 4.98 Å². The van der Waals surface area contributed by atoms with Crippen LogP contribution in [-0.4, -0.2) is 28.2 Å². The zero-order valence-corrected chi connectivity index (χ0v) is 26.8. The van der Waals surface area contributed by atoms with Gasteiger partial charge in [0.1, 0.15) is 0 Å². The van der Waals surface area contributed by atoms with Gasteiger partial charge in [0, 0.05) is 56.1 Å². The quantitative estimate of drug-likeness (QED) is 0.192. The molecule has 234 valence electrons. The Bertz CT molecular complexity index is 2880. The third kappa shape index (κ3) is 3.73. The number of aromatic nitrogens is 6. The van der Waals surface area contributed by atoms with E-state index < -0.39 is 0 Å². The van der Waals surface area contributed by atoms with E-state index in [1.807, 2.05) is 12.4 Å². The summed E-state index contributed by atoms with van der Waals surface area (Å²) in [5, 5.41) is 7.04. The fourth-order valence-electron chi connectivity index (χ4n) is 7.99. The van der Waals surface area contributed by atoms with Crippen molar-refractivity contribution in [1.82, 2.24) is 28.2 Å². The molecule has 50 heavy (non-hydrogen) atoms. The van der Waals surface area contributed by atoms with Crippen LogP contribution in [0.2, 0.25) is 0 Å². The van der Waals surface area contributed by atoms with E-state index in [0.29, 0.717) is 0 Å². The van der Waals surface area contributed by atoms with Gasteiger partial charge in [0.15, 0.2) is 11.6 Å². The van der Waals surface area contributed by atoms with Crippen molar-refractivity contribution in [3.05, 3.63) is 170 Å². The second kappa shape index (κ2) is 10.3. The summed E-state index contributed by atoms with van der Waals surface area (Å²) in [6.07, 6.45) is 8.10. The monoisotopic (exact) mass is 640 g/mol. The van der Waals surface area contributed by atoms with Gasteiger partial charge in [-0.1, -0.05) is 97.1 Å². The molecule has 0 aliphatic heterocycles. The van der Waals surface area contributed by atoms with Gasteiger partial charge >= 0.3 is 0 Å². The van der Waals surface area contributed by atoms with Crippen LogP contribution in [0.15, 0.2) is 170 Å². The van der Waals surface area contributed by atoms with Crippen molar-refractivity contribution < 1.29 is 0 Å². The van der Waals surface area contributed by atoms with Crippen LogP contribution in [0.3, 0.4) is 0 Å². The SMILES string of the molecule is c1ccc(-n2ccc3ccc4c5ccccc5n(-c5cncc(-n6c7ccccc7c7ccc8ccn(-c9ccccc9)c8c76)n5)c4c32)cc1. The number of rotatable bonds is 4. The molecule has 5 aromatic heterocycles. The number of nitrogens with zero attached hydrogens (tertiary/aromatic N) is 6. The molecule has 0 aliphatic rings. The summed E-state index contributed by atoms with van der Waals surface area (Å²) in [5.74, 6) is 1.53. The number of hydrogen-bond donors (Lipinski definition) is 0. The van der Waals surface area contributed by atoms with Crippen molar-refractivity contribution in [1.29, 1.82) is 0 Å². The first kappa shape index (κ1) is 27.1. The van der Waals surface area contributed by atoms with E-state index in [2.05, 4.69) is 176 Å². The second-order valence-corrected chi connectivity index (χ2v) is 12.8. The van der Waals surface area contributed by atoms with Crippen LogP contribution >= 0.6 is 0 Å². The molecule has 0 unspecified atom stereocenters. The average Bonchev–Trinajstić information content (AvgIpc) is 3.96. The van der Waals surface area contributed by atoms with Crippen molar-refractivity contribution in [3.8, 4) is 23.0 Å². The zero-order chi connectivity index (χ0) is 32.8. The van der Waals surface area contributed by atoms with E-state index >= 15 is 0 Å². The van der Waals surface area contributed by atoms with Crippen LogP contribution in [0.1, 0.15) is 0 Å². The number of hydrogen-bond acceptors (Lipinski definition) is 2. The van der Waals surface area contributed by atoms with Gasteiger partial charge in [-0.3, -0.25) is 14.1 Å². The topological polar surface area (TPSA) is 45.5 Å². The van der Waals surface area contributed by atoms with Crippen LogP contribution in [0, 0.1) is 0 Å². The highest BCUT2D eigenvalue weighted by Gasteiger charge is 2.22. The van der Waals surface area contributed by atoms with Crippen molar-refractivity contribution in [2.45, 2.75) is 0 Å². The van der Waals surface area contributed by atoms with E-state index in [1.54, 1.807) is 0 Å². The van der Waals surface area contributed by atoms with Crippen LogP contribution < -0.4 is 0 Å². The van der Waals surface area contributed by atoms with E-state index in [-0.39, 0.29) is 0 Å². The first-order valence-corrected chi connectivity index (χ1v) is 16.8. The molecule has 11 rings (SSSR count). The van der Waals surface area contributed by atoms with Gasteiger partial charge < -0.3 is 9.13 Å². The molecule has 11 aromatic rings. The van der Waals surface area contributed by atoms with Crippen molar-refractivity contribution in [2.24, 2.45) is 0 Å². The minimum Gasteiger partial charge on any atom is -0.315 e. The second-order valence-electron chi connectivity index (χ2n) is 12.8. The van der Waals surface area contributed by atoms with Gasteiger partial charge in [-0.2, -0.15) is 0 Å². The Morgan fingerprint density at radius 2 is 0.800 bits per heavy atom. The third-order valence-electron chi connectivity index (χ3n) is 10.1. The van der Waals surface area contributed by atoms with Crippen molar-refractivity contribution in [3.63, 3.8) is 0 Å². The van der Waals surface area contributed by atoms with Crippen LogP contribution in [0.4, 0.5) is 0 Å². The highest BCUT2D eigenvalue weighted by atomic mass is 15.2. The standard InChI is InChI=1S/C44H28N6/c1-3-11-31(12-4-1)47-25-23-29-19-21-35-33-15-7-9-17-37(33)49(43(35)41(29)47)39-27-45-28-40(46-39)50-38-18-10-8-16-34(38)36-22-20-30-24-26-48(42(30)44(36)50)32-13-5-2-6-14-32/h1-28H. The first-order valence-electron chi connectivity index (χ1n) is 16.8. The normalized spacial score (nSPS) is 12.0. The molecule has 0 aliphatic carbocycles. The number of fused-ring (bicyclic) bond motifs is 10. The fraction of sp³-hybridized carbons (Fsp3) is 0. The molecule has 0 saturated carbocycles.